The number of nitrogens with zero attached hydrogens (tertiary/aromatic N) is 1. The Morgan fingerprint density at radius 3 is 2.45 bits per heavy atom. The second-order valence-corrected chi connectivity index (χ2v) is 12.1. The smallest absolute Gasteiger partial charge is 0.330 e. The molecule has 222 valence electrons. The zero-order valence-corrected chi connectivity index (χ0v) is 22.8. The van der Waals surface area contributed by atoms with Gasteiger partial charge in [0.15, 0.2) is 11.7 Å². The molecule has 2 aromatic rings. The summed E-state index contributed by atoms with van der Waals surface area (Å²) in [6.07, 6.45) is -10.7. The van der Waals surface area contributed by atoms with Gasteiger partial charge in [0.1, 0.15) is 11.8 Å². The maximum Gasteiger partial charge on any atom is 0.330 e. The van der Waals surface area contributed by atoms with Crippen LogP contribution in [-0.2, 0) is 30.6 Å². The van der Waals surface area contributed by atoms with Crippen LogP contribution in [0.5, 0.6) is 5.75 Å². The first-order chi connectivity index (χ1) is 18.5. The van der Waals surface area contributed by atoms with Crippen molar-refractivity contribution < 1.29 is 50.4 Å². The van der Waals surface area contributed by atoms with E-state index in [-0.39, 0.29) is 16.5 Å². The largest absolute Gasteiger partial charge is 0.462 e. The first-order valence-electron chi connectivity index (χ1n) is 11.5. The molecule has 2 heterocycles. The fourth-order valence-corrected chi connectivity index (χ4v) is 5.98. The van der Waals surface area contributed by atoms with E-state index in [2.05, 4.69) is 5.09 Å². The first kappa shape index (κ1) is 31.8. The molecular formula is C22H25F5N3O8PS. The predicted molar refractivity (Wildman–Crippen MR) is 132 cm³/mol. The summed E-state index contributed by atoms with van der Waals surface area (Å²) in [5, 5.41) is 12.9. The molecular weight excluding hydrogens is 592 g/mol. The molecule has 0 aliphatic carbocycles. The second-order valence-electron chi connectivity index (χ2n) is 8.96. The Labute approximate surface area is 228 Å². The highest BCUT2D eigenvalue weighted by Crippen LogP contribution is 2.53. The standard InChI is InChI=1S/C22H25F5N3O8PS/c1-11(2)36-16(32)12(3)29-39(40,38-13-7-5-4-6-8-13)35-10-21(18(24)25)17(33)22(26,27)19(37-21)30-9-14(23)15(31)28-20(30)34/h4-9,11-12,17-19,33H,10H2,1-3H3,(H,29,40)(H,28,31,34)/t12-,17+,19+,21+,39?/m0/s1. The number of halogens is 5. The Bertz CT molecular complexity index is 1380. The first-order valence-corrected chi connectivity index (χ1v) is 14.2. The van der Waals surface area contributed by atoms with Gasteiger partial charge in [-0.15, -0.1) is 0 Å². The van der Waals surface area contributed by atoms with Crippen LogP contribution in [0.25, 0.3) is 0 Å². The molecule has 1 unspecified atom stereocenters. The summed E-state index contributed by atoms with van der Waals surface area (Å²) >= 11 is 5.37. The number of ether oxygens (including phenoxy) is 2. The number of aromatic amines is 1. The average Bonchev–Trinajstić information content (AvgIpc) is 3.06. The third-order valence-electron chi connectivity index (χ3n) is 5.52. The molecule has 0 radical (unpaired) electrons. The molecule has 3 N–H and O–H groups in total. The number of aliphatic hydroxyl groups is 1. The molecule has 1 saturated heterocycles. The molecule has 1 aliphatic heterocycles. The van der Waals surface area contributed by atoms with Crippen molar-refractivity contribution in [2.75, 3.05) is 6.61 Å². The van der Waals surface area contributed by atoms with Gasteiger partial charge in [-0.1, -0.05) is 18.2 Å². The molecule has 0 saturated carbocycles. The van der Waals surface area contributed by atoms with Crippen LogP contribution in [0, 0.1) is 5.82 Å². The minimum atomic E-state index is -4.63. The van der Waals surface area contributed by atoms with Gasteiger partial charge in [-0.2, -0.15) is 13.2 Å². The van der Waals surface area contributed by atoms with Gasteiger partial charge >= 0.3 is 24.2 Å². The van der Waals surface area contributed by atoms with E-state index >= 15 is 8.78 Å². The highest BCUT2D eigenvalue weighted by atomic mass is 32.5. The zero-order valence-electron chi connectivity index (χ0n) is 21.1. The average molecular weight is 617 g/mol. The lowest BCUT2D eigenvalue weighted by molar-refractivity contribution is -0.192. The molecule has 1 aromatic carbocycles. The maximum atomic E-state index is 15.1. The number of carbonyl (C=O) groups excluding carboxylic acids is 1. The third-order valence-corrected chi connectivity index (χ3v) is 8.00. The Kier molecular flexibility index (Phi) is 9.58. The van der Waals surface area contributed by atoms with E-state index in [1.165, 1.54) is 36.2 Å². The Morgan fingerprint density at radius 2 is 1.88 bits per heavy atom. The van der Waals surface area contributed by atoms with Gasteiger partial charge in [-0.05, 0) is 44.7 Å². The van der Waals surface area contributed by atoms with Gasteiger partial charge in [-0.25, -0.2) is 18.7 Å². The molecule has 11 nitrogen and oxygen atoms in total. The summed E-state index contributed by atoms with van der Waals surface area (Å²) in [4.78, 5) is 37.1. The lowest BCUT2D eigenvalue weighted by atomic mass is 9.96. The van der Waals surface area contributed by atoms with E-state index in [4.69, 9.17) is 30.3 Å². The molecule has 3 rings (SSSR count). The van der Waals surface area contributed by atoms with Crippen LogP contribution in [-0.4, -0.2) is 63.4 Å². The summed E-state index contributed by atoms with van der Waals surface area (Å²) in [5.74, 6) is -7.09. The number of benzene rings is 1. The summed E-state index contributed by atoms with van der Waals surface area (Å²) in [6.45, 7) is -1.18. The van der Waals surface area contributed by atoms with Gasteiger partial charge < -0.3 is 23.6 Å². The normalized spacial score (nSPS) is 24.6. The van der Waals surface area contributed by atoms with E-state index in [1.54, 1.807) is 19.9 Å². The summed E-state index contributed by atoms with van der Waals surface area (Å²) < 4.78 is 93.5. The number of hydrogen-bond acceptors (Lipinski definition) is 9. The van der Waals surface area contributed by atoms with Gasteiger partial charge in [0, 0.05) is 0 Å². The van der Waals surface area contributed by atoms with E-state index in [0.717, 1.165) is 0 Å². The number of para-hydroxylation sites is 1. The van der Waals surface area contributed by atoms with Crippen LogP contribution in [0.2, 0.25) is 0 Å². The fraction of sp³-hybridized carbons (Fsp3) is 0.500. The molecule has 0 amide bonds. The second kappa shape index (κ2) is 12.0. The maximum absolute atomic E-state index is 15.1. The van der Waals surface area contributed by atoms with Crippen LogP contribution in [0.15, 0.2) is 46.1 Å². The quantitative estimate of drug-likeness (QED) is 0.196. The number of rotatable bonds is 11. The lowest BCUT2D eigenvalue weighted by Crippen LogP contribution is -2.54. The SMILES string of the molecule is CC(C)OC(=O)[C@H](C)NP(=S)(OC[C@@]1(C(F)F)O[C@@H](n2cc(F)c(=O)[nH]c2=O)C(F)(F)[C@@H]1O)Oc1ccccc1. The number of esters is 1. The minimum absolute atomic E-state index is 0.0291. The molecule has 18 heteroatoms. The lowest BCUT2D eigenvalue weighted by Gasteiger charge is -2.34. The Hall–Kier alpha value is -2.69. The summed E-state index contributed by atoms with van der Waals surface area (Å²) in [7, 11) is 0. The fourth-order valence-electron chi connectivity index (χ4n) is 3.56. The molecule has 5 atom stereocenters. The topological polar surface area (TPSA) is 141 Å². The van der Waals surface area contributed by atoms with Crippen molar-refractivity contribution in [2.45, 2.75) is 63.2 Å². The molecule has 1 aliphatic rings. The van der Waals surface area contributed by atoms with Crippen LogP contribution in [0.3, 0.4) is 0 Å². The number of aromatic nitrogens is 2. The predicted octanol–water partition coefficient (Wildman–Crippen LogP) is 2.45. The van der Waals surface area contributed by atoms with Crippen molar-refractivity contribution in [3.8, 4) is 5.75 Å². The molecule has 1 fully saturated rings. The number of alkyl halides is 4. The molecule has 0 spiro atoms. The highest BCUT2D eigenvalue weighted by molar-refractivity contribution is 8.09. The van der Waals surface area contributed by atoms with Gasteiger partial charge in [0.2, 0.25) is 12.0 Å². The van der Waals surface area contributed by atoms with E-state index < -0.39 is 78.7 Å². The van der Waals surface area contributed by atoms with Gasteiger partial charge in [0.25, 0.3) is 12.0 Å². The van der Waals surface area contributed by atoms with E-state index in [0.29, 0.717) is 0 Å². The van der Waals surface area contributed by atoms with E-state index in [9.17, 15) is 32.7 Å². The van der Waals surface area contributed by atoms with Gasteiger partial charge in [-0.3, -0.25) is 19.1 Å². The van der Waals surface area contributed by atoms with Crippen molar-refractivity contribution in [1.29, 1.82) is 0 Å². The van der Waals surface area contributed by atoms with Crippen LogP contribution < -0.4 is 20.9 Å². The Balaban J connectivity index is 1.97. The van der Waals surface area contributed by atoms with Gasteiger partial charge in [0.05, 0.1) is 18.9 Å². The van der Waals surface area contributed by atoms with Crippen LogP contribution in [0.4, 0.5) is 22.0 Å². The Morgan fingerprint density at radius 1 is 1.25 bits per heavy atom. The number of H-pyrrole nitrogens is 1. The van der Waals surface area contributed by atoms with E-state index in [1.807, 2.05) is 0 Å². The third kappa shape index (κ3) is 6.61. The number of aliphatic hydroxyl groups excluding tert-OH is 1. The molecule has 1 aromatic heterocycles. The van der Waals surface area contributed by atoms with Crippen molar-refractivity contribution in [3.63, 3.8) is 0 Å². The summed E-state index contributed by atoms with van der Waals surface area (Å²) in [5.41, 5.74) is -6.71. The number of hydrogen-bond donors (Lipinski definition) is 3. The zero-order chi connectivity index (χ0) is 30.0. The minimum Gasteiger partial charge on any atom is -0.462 e. The monoisotopic (exact) mass is 617 g/mol. The molecule has 40 heavy (non-hydrogen) atoms. The van der Waals surface area contributed by atoms with Crippen molar-refractivity contribution in [2.24, 2.45) is 0 Å². The molecule has 0 bridgehead atoms. The van der Waals surface area contributed by atoms with Crippen molar-refractivity contribution >= 4 is 24.4 Å². The number of carbonyl (C=O) groups is 1. The summed E-state index contributed by atoms with van der Waals surface area (Å²) in [6, 6.07) is 6.27. The van der Waals surface area contributed by atoms with Crippen LogP contribution in [0.1, 0.15) is 27.0 Å². The van der Waals surface area contributed by atoms with Crippen LogP contribution >= 0.6 is 6.64 Å². The van der Waals surface area contributed by atoms with Crippen molar-refractivity contribution in [1.82, 2.24) is 14.6 Å². The van der Waals surface area contributed by atoms with Crippen molar-refractivity contribution in [3.05, 3.63) is 63.2 Å². The highest BCUT2D eigenvalue weighted by Gasteiger charge is 2.71. The number of nitrogens with one attached hydrogen (secondary N) is 2.